The summed E-state index contributed by atoms with van der Waals surface area (Å²) in [5, 5.41) is 3.57. The van der Waals surface area contributed by atoms with Crippen LogP contribution in [0.25, 0.3) is 0 Å². The van der Waals surface area contributed by atoms with E-state index in [4.69, 9.17) is 28.9 Å². The number of nitrogens with one attached hydrogen (secondary N) is 1. The summed E-state index contributed by atoms with van der Waals surface area (Å²) >= 11 is 11.8. The molecule has 0 saturated carbocycles. The maximum absolute atomic E-state index is 12.0. The van der Waals surface area contributed by atoms with Gasteiger partial charge in [0, 0.05) is 10.0 Å². The van der Waals surface area contributed by atoms with E-state index >= 15 is 0 Å². The molecule has 0 bridgehead atoms. The molecule has 2 rings (SSSR count). The van der Waals surface area contributed by atoms with E-state index in [2.05, 4.69) is 5.32 Å². The largest absolute Gasteiger partial charge is 0.366 e. The third-order valence-electron chi connectivity index (χ3n) is 2.83. The van der Waals surface area contributed by atoms with E-state index in [0.717, 1.165) is 0 Å². The summed E-state index contributed by atoms with van der Waals surface area (Å²) in [6, 6.07) is 11.5. The third-order valence-corrected chi connectivity index (χ3v) is 3.42. The Balaban J connectivity index is 2.14. The summed E-state index contributed by atoms with van der Waals surface area (Å²) in [6.45, 7) is 0. The van der Waals surface area contributed by atoms with Crippen molar-refractivity contribution in [2.45, 2.75) is 6.42 Å². The summed E-state index contributed by atoms with van der Waals surface area (Å²) in [7, 11) is 0. The number of hydrogen-bond acceptors (Lipinski definition) is 2. The monoisotopic (exact) mass is 322 g/mol. The summed E-state index contributed by atoms with van der Waals surface area (Å²) in [4.78, 5) is 23.3. The van der Waals surface area contributed by atoms with Crippen molar-refractivity contribution in [3.05, 3.63) is 63.6 Å². The van der Waals surface area contributed by atoms with Crippen molar-refractivity contribution in [3.8, 4) is 0 Å². The van der Waals surface area contributed by atoms with E-state index in [1.54, 1.807) is 42.5 Å². The first-order valence-corrected chi connectivity index (χ1v) is 6.85. The van der Waals surface area contributed by atoms with Gasteiger partial charge in [-0.2, -0.15) is 0 Å². The number of halogens is 2. The smallest absolute Gasteiger partial charge is 0.250 e. The molecule has 6 heteroatoms. The minimum atomic E-state index is -0.601. The average molecular weight is 323 g/mol. The number of carbonyl (C=O) groups is 2. The second-order valence-corrected chi connectivity index (χ2v) is 5.21. The van der Waals surface area contributed by atoms with Gasteiger partial charge in [-0.15, -0.1) is 0 Å². The van der Waals surface area contributed by atoms with Gasteiger partial charge in [0.15, 0.2) is 0 Å². The predicted molar refractivity (Wildman–Crippen MR) is 83.8 cm³/mol. The number of hydrogen-bond donors (Lipinski definition) is 2. The average Bonchev–Trinajstić information content (AvgIpc) is 2.42. The minimum absolute atomic E-state index is 0.0725. The Morgan fingerprint density at radius 3 is 2.48 bits per heavy atom. The Morgan fingerprint density at radius 1 is 1.10 bits per heavy atom. The lowest BCUT2D eigenvalue weighted by Gasteiger charge is -2.09. The quantitative estimate of drug-likeness (QED) is 0.906. The summed E-state index contributed by atoms with van der Waals surface area (Å²) in [5.41, 5.74) is 6.54. The van der Waals surface area contributed by atoms with Crippen molar-refractivity contribution in [1.29, 1.82) is 0 Å². The van der Waals surface area contributed by atoms with Crippen molar-refractivity contribution < 1.29 is 9.59 Å². The molecular weight excluding hydrogens is 311 g/mol. The van der Waals surface area contributed by atoms with Gasteiger partial charge in [0.1, 0.15) is 0 Å². The molecule has 21 heavy (non-hydrogen) atoms. The third kappa shape index (κ3) is 3.97. The molecule has 0 heterocycles. The summed E-state index contributed by atoms with van der Waals surface area (Å²) < 4.78 is 0. The summed E-state index contributed by atoms with van der Waals surface area (Å²) in [5.74, 6) is -0.900. The van der Waals surface area contributed by atoms with Crippen molar-refractivity contribution in [1.82, 2.24) is 0 Å². The highest BCUT2D eigenvalue weighted by molar-refractivity contribution is 6.35. The van der Waals surface area contributed by atoms with Crippen molar-refractivity contribution >= 4 is 40.7 Å². The molecule has 0 saturated heterocycles. The lowest BCUT2D eigenvalue weighted by Crippen LogP contribution is -2.19. The molecule has 0 unspecified atom stereocenters. The second-order valence-electron chi connectivity index (χ2n) is 4.37. The summed E-state index contributed by atoms with van der Waals surface area (Å²) in [6.07, 6.45) is 0.0725. The molecule has 0 aromatic heterocycles. The molecule has 0 spiro atoms. The number of nitrogens with two attached hydrogens (primary N) is 1. The van der Waals surface area contributed by atoms with Gasteiger partial charge in [0.2, 0.25) is 5.91 Å². The Hall–Kier alpha value is -2.04. The Kier molecular flexibility index (Phi) is 4.83. The Morgan fingerprint density at radius 2 is 1.81 bits per heavy atom. The van der Waals surface area contributed by atoms with E-state index in [1.165, 1.54) is 0 Å². The zero-order valence-corrected chi connectivity index (χ0v) is 12.4. The molecule has 2 aromatic rings. The van der Waals surface area contributed by atoms with Crippen LogP contribution in [0, 0.1) is 0 Å². The molecule has 0 aliphatic rings. The van der Waals surface area contributed by atoms with Crippen LogP contribution in [0.2, 0.25) is 10.0 Å². The molecule has 0 aliphatic carbocycles. The number of primary amides is 1. The maximum atomic E-state index is 12.0. The van der Waals surface area contributed by atoms with Gasteiger partial charge in [-0.25, -0.2) is 0 Å². The Labute approximate surface area is 131 Å². The molecule has 0 radical (unpaired) electrons. The van der Waals surface area contributed by atoms with Gasteiger partial charge >= 0.3 is 0 Å². The SMILES string of the molecule is NC(=O)c1ccccc1NC(=O)Cc1ccc(Cl)cc1Cl. The van der Waals surface area contributed by atoms with E-state index in [0.29, 0.717) is 21.3 Å². The standard InChI is InChI=1S/C15H12Cl2N2O2/c16-10-6-5-9(12(17)8-10)7-14(20)19-13-4-2-1-3-11(13)15(18)21/h1-6,8H,7H2,(H2,18,21)(H,19,20). The highest BCUT2D eigenvalue weighted by Gasteiger charge is 2.12. The molecule has 0 atom stereocenters. The molecule has 2 amide bonds. The lowest BCUT2D eigenvalue weighted by atomic mass is 10.1. The first-order chi connectivity index (χ1) is 9.97. The van der Waals surface area contributed by atoms with Gasteiger partial charge in [-0.3, -0.25) is 9.59 Å². The lowest BCUT2D eigenvalue weighted by molar-refractivity contribution is -0.115. The van der Waals surface area contributed by atoms with Crippen LogP contribution >= 0.6 is 23.2 Å². The molecule has 0 aliphatic heterocycles. The Bertz CT molecular complexity index is 702. The van der Waals surface area contributed by atoms with Gasteiger partial charge in [-0.05, 0) is 29.8 Å². The van der Waals surface area contributed by atoms with Gasteiger partial charge in [-0.1, -0.05) is 41.4 Å². The number of benzene rings is 2. The van der Waals surface area contributed by atoms with Crippen LogP contribution < -0.4 is 11.1 Å². The first-order valence-electron chi connectivity index (χ1n) is 6.10. The van der Waals surface area contributed by atoms with Crippen molar-refractivity contribution in [3.63, 3.8) is 0 Å². The fourth-order valence-corrected chi connectivity index (χ4v) is 2.31. The van der Waals surface area contributed by atoms with Gasteiger partial charge in [0.25, 0.3) is 5.91 Å². The minimum Gasteiger partial charge on any atom is -0.366 e. The fourth-order valence-electron chi connectivity index (χ4n) is 1.84. The van der Waals surface area contributed by atoms with Crippen LogP contribution in [-0.4, -0.2) is 11.8 Å². The number of para-hydroxylation sites is 1. The van der Waals surface area contributed by atoms with E-state index < -0.39 is 5.91 Å². The van der Waals surface area contributed by atoms with Crippen LogP contribution in [0.4, 0.5) is 5.69 Å². The first kappa shape index (κ1) is 15.4. The van der Waals surface area contributed by atoms with Gasteiger partial charge < -0.3 is 11.1 Å². The second kappa shape index (κ2) is 6.61. The van der Waals surface area contributed by atoms with Crippen molar-refractivity contribution in [2.75, 3.05) is 5.32 Å². The van der Waals surface area contributed by atoms with Crippen LogP contribution in [0.1, 0.15) is 15.9 Å². The highest BCUT2D eigenvalue weighted by atomic mass is 35.5. The molecule has 3 N–H and O–H groups in total. The van der Waals surface area contributed by atoms with Crippen LogP contribution in [0.5, 0.6) is 0 Å². The number of rotatable bonds is 4. The maximum Gasteiger partial charge on any atom is 0.250 e. The normalized spacial score (nSPS) is 10.2. The van der Waals surface area contributed by atoms with Crippen molar-refractivity contribution in [2.24, 2.45) is 5.73 Å². The number of carbonyl (C=O) groups excluding carboxylic acids is 2. The van der Waals surface area contributed by atoms with Crippen LogP contribution in [0.15, 0.2) is 42.5 Å². The molecule has 4 nitrogen and oxygen atoms in total. The van der Waals surface area contributed by atoms with E-state index in [1.807, 2.05) is 0 Å². The molecule has 2 aromatic carbocycles. The zero-order valence-electron chi connectivity index (χ0n) is 10.9. The highest BCUT2D eigenvalue weighted by Crippen LogP contribution is 2.22. The topological polar surface area (TPSA) is 72.2 Å². The molecule has 0 fully saturated rings. The number of amides is 2. The van der Waals surface area contributed by atoms with E-state index in [9.17, 15) is 9.59 Å². The van der Waals surface area contributed by atoms with Crippen LogP contribution in [-0.2, 0) is 11.2 Å². The fraction of sp³-hybridized carbons (Fsp3) is 0.0667. The zero-order chi connectivity index (χ0) is 15.4. The van der Waals surface area contributed by atoms with E-state index in [-0.39, 0.29) is 17.9 Å². The van der Waals surface area contributed by atoms with Crippen LogP contribution in [0.3, 0.4) is 0 Å². The molecular formula is C15H12Cl2N2O2. The van der Waals surface area contributed by atoms with Gasteiger partial charge in [0.05, 0.1) is 17.7 Å². The number of anilines is 1. The molecule has 108 valence electrons. The predicted octanol–water partition coefficient (Wildman–Crippen LogP) is 3.27.